The minimum atomic E-state index is -1.09. The van der Waals surface area contributed by atoms with Gasteiger partial charge in [-0.25, -0.2) is 9.18 Å². The highest BCUT2D eigenvalue weighted by Gasteiger charge is 2.45. The van der Waals surface area contributed by atoms with Gasteiger partial charge in [-0.2, -0.15) is 0 Å². The second kappa shape index (κ2) is 4.76. The molecule has 0 unspecified atom stereocenters. The van der Waals surface area contributed by atoms with Crippen LogP contribution in [0.4, 0.5) is 4.39 Å². The van der Waals surface area contributed by atoms with E-state index in [-0.39, 0.29) is 18.1 Å². The summed E-state index contributed by atoms with van der Waals surface area (Å²) in [4.78, 5) is 22.8. The summed E-state index contributed by atoms with van der Waals surface area (Å²) in [5.41, 5.74) is -0.425. The minimum Gasteiger partial charge on any atom is -0.480 e. The van der Waals surface area contributed by atoms with Gasteiger partial charge in [0.15, 0.2) is 0 Å². The third-order valence-corrected chi connectivity index (χ3v) is 3.27. The number of aliphatic carboxylic acids is 1. The maximum atomic E-state index is 12.7. The molecular weight excluding hydrogens is 237 g/mol. The van der Waals surface area contributed by atoms with Gasteiger partial charge in [0.25, 0.3) is 0 Å². The molecule has 0 aliphatic heterocycles. The molecule has 4 nitrogen and oxygen atoms in total. The number of amides is 1. The van der Waals surface area contributed by atoms with Gasteiger partial charge in [0, 0.05) is 0 Å². The van der Waals surface area contributed by atoms with Crippen molar-refractivity contribution in [2.24, 2.45) is 0 Å². The summed E-state index contributed by atoms with van der Waals surface area (Å²) in [6.45, 7) is 0. The molecule has 0 radical (unpaired) electrons. The minimum absolute atomic E-state index is 0.0648. The van der Waals surface area contributed by atoms with E-state index in [1.54, 1.807) is 0 Å². The van der Waals surface area contributed by atoms with E-state index in [2.05, 4.69) is 5.32 Å². The first kappa shape index (κ1) is 12.5. The summed E-state index contributed by atoms with van der Waals surface area (Å²) in [6.07, 6.45) is 1.81. The number of nitrogens with one attached hydrogen (secondary N) is 1. The topological polar surface area (TPSA) is 66.4 Å². The number of benzene rings is 1. The Morgan fingerprint density at radius 2 is 1.89 bits per heavy atom. The second-order valence-corrected chi connectivity index (χ2v) is 4.59. The maximum absolute atomic E-state index is 12.7. The van der Waals surface area contributed by atoms with Crippen molar-refractivity contribution < 1.29 is 19.1 Å². The van der Waals surface area contributed by atoms with Gasteiger partial charge in [-0.1, -0.05) is 12.1 Å². The van der Waals surface area contributed by atoms with Crippen LogP contribution in [0.5, 0.6) is 0 Å². The molecular formula is C13H14FNO3. The van der Waals surface area contributed by atoms with Crippen molar-refractivity contribution in [1.29, 1.82) is 0 Å². The normalized spacial score (nSPS) is 16.7. The molecule has 96 valence electrons. The Bertz CT molecular complexity index is 466. The third kappa shape index (κ3) is 2.50. The van der Waals surface area contributed by atoms with Crippen molar-refractivity contribution in [1.82, 2.24) is 5.32 Å². The van der Waals surface area contributed by atoms with E-state index in [0.717, 1.165) is 6.42 Å². The number of carboxylic acids is 1. The molecule has 5 heteroatoms. The molecule has 0 spiro atoms. The molecule has 0 aromatic heterocycles. The van der Waals surface area contributed by atoms with Gasteiger partial charge in [-0.05, 0) is 37.0 Å². The van der Waals surface area contributed by atoms with Gasteiger partial charge >= 0.3 is 5.97 Å². The Hall–Kier alpha value is -1.91. The zero-order valence-corrected chi connectivity index (χ0v) is 9.78. The first-order chi connectivity index (χ1) is 8.52. The van der Waals surface area contributed by atoms with E-state index >= 15 is 0 Å². The molecule has 0 atom stereocenters. The molecule has 2 rings (SSSR count). The smallest absolute Gasteiger partial charge is 0.329 e. The van der Waals surface area contributed by atoms with Gasteiger partial charge in [0.05, 0.1) is 6.42 Å². The molecule has 0 bridgehead atoms. The number of carboxylic acid groups (broad SMARTS) is 1. The molecule has 1 fully saturated rings. The Morgan fingerprint density at radius 1 is 1.28 bits per heavy atom. The lowest BCUT2D eigenvalue weighted by molar-refractivity contribution is -0.151. The number of halogens is 1. The van der Waals surface area contributed by atoms with Crippen molar-refractivity contribution in [3.63, 3.8) is 0 Å². The highest BCUT2D eigenvalue weighted by atomic mass is 19.1. The van der Waals surface area contributed by atoms with E-state index in [1.807, 2.05) is 0 Å². The number of carbonyl (C=O) groups is 2. The Labute approximate surface area is 104 Å². The largest absolute Gasteiger partial charge is 0.480 e. The molecule has 1 aromatic rings. The molecule has 1 aromatic carbocycles. The molecule has 2 N–H and O–H groups in total. The first-order valence-electron chi connectivity index (χ1n) is 5.81. The van der Waals surface area contributed by atoms with Gasteiger partial charge in [0.1, 0.15) is 11.4 Å². The van der Waals surface area contributed by atoms with Gasteiger partial charge < -0.3 is 10.4 Å². The standard InChI is InChI=1S/C13H14FNO3/c14-10-4-2-9(3-5-10)8-11(16)15-13(12(17)18)6-1-7-13/h2-5H,1,6-8H2,(H,15,16)(H,17,18). The van der Waals surface area contributed by atoms with Crippen LogP contribution in [0.25, 0.3) is 0 Å². The van der Waals surface area contributed by atoms with Crippen LogP contribution < -0.4 is 5.32 Å². The monoisotopic (exact) mass is 251 g/mol. The zero-order chi connectivity index (χ0) is 13.2. The summed E-state index contributed by atoms with van der Waals surface area (Å²) in [6, 6.07) is 5.59. The zero-order valence-electron chi connectivity index (χ0n) is 9.78. The fourth-order valence-corrected chi connectivity index (χ4v) is 2.02. The summed E-state index contributed by atoms with van der Waals surface area (Å²) in [7, 11) is 0. The fraction of sp³-hybridized carbons (Fsp3) is 0.385. The van der Waals surface area contributed by atoms with Crippen molar-refractivity contribution in [2.45, 2.75) is 31.2 Å². The lowest BCUT2D eigenvalue weighted by atomic mass is 9.76. The van der Waals surface area contributed by atoms with E-state index in [9.17, 15) is 14.0 Å². The Morgan fingerprint density at radius 3 is 2.33 bits per heavy atom. The van der Waals surface area contributed by atoms with Crippen LogP contribution in [0, 0.1) is 5.82 Å². The van der Waals surface area contributed by atoms with Crippen LogP contribution in [0.1, 0.15) is 24.8 Å². The fourth-order valence-electron chi connectivity index (χ4n) is 2.02. The van der Waals surface area contributed by atoms with Crippen LogP contribution in [0.2, 0.25) is 0 Å². The number of hydrogen-bond donors (Lipinski definition) is 2. The van der Waals surface area contributed by atoms with Crippen molar-refractivity contribution in [3.8, 4) is 0 Å². The highest BCUT2D eigenvalue weighted by molar-refractivity contribution is 5.88. The van der Waals surface area contributed by atoms with Crippen LogP contribution in [0.15, 0.2) is 24.3 Å². The third-order valence-electron chi connectivity index (χ3n) is 3.27. The summed E-state index contributed by atoms with van der Waals surface area (Å²) in [5, 5.41) is 11.6. The molecule has 1 amide bonds. The number of carbonyl (C=O) groups excluding carboxylic acids is 1. The van der Waals surface area contributed by atoms with E-state index in [1.165, 1.54) is 24.3 Å². The molecule has 1 aliphatic rings. The average Bonchev–Trinajstić information content (AvgIpc) is 2.26. The predicted molar refractivity (Wildman–Crippen MR) is 62.5 cm³/mol. The van der Waals surface area contributed by atoms with Crippen LogP contribution >= 0.6 is 0 Å². The summed E-state index contributed by atoms with van der Waals surface area (Å²) < 4.78 is 12.7. The lowest BCUT2D eigenvalue weighted by Crippen LogP contribution is -2.59. The number of hydrogen-bond acceptors (Lipinski definition) is 2. The molecule has 1 saturated carbocycles. The van der Waals surface area contributed by atoms with Gasteiger partial charge in [0.2, 0.25) is 5.91 Å². The Balaban J connectivity index is 1.96. The van der Waals surface area contributed by atoms with E-state index in [0.29, 0.717) is 18.4 Å². The average molecular weight is 251 g/mol. The molecule has 18 heavy (non-hydrogen) atoms. The number of rotatable bonds is 4. The SMILES string of the molecule is O=C(Cc1ccc(F)cc1)NC1(C(=O)O)CCC1. The van der Waals surface area contributed by atoms with Crippen LogP contribution in [-0.4, -0.2) is 22.5 Å². The van der Waals surface area contributed by atoms with Crippen LogP contribution in [0.3, 0.4) is 0 Å². The highest BCUT2D eigenvalue weighted by Crippen LogP contribution is 2.32. The van der Waals surface area contributed by atoms with E-state index in [4.69, 9.17) is 5.11 Å². The van der Waals surface area contributed by atoms with Crippen molar-refractivity contribution in [2.75, 3.05) is 0 Å². The van der Waals surface area contributed by atoms with E-state index < -0.39 is 11.5 Å². The Kier molecular flexibility index (Phi) is 3.32. The molecule has 1 aliphatic carbocycles. The van der Waals surface area contributed by atoms with Crippen LogP contribution in [-0.2, 0) is 16.0 Å². The van der Waals surface area contributed by atoms with Gasteiger partial charge in [-0.3, -0.25) is 4.79 Å². The molecule has 0 saturated heterocycles. The predicted octanol–water partition coefficient (Wildman–Crippen LogP) is 1.49. The van der Waals surface area contributed by atoms with Crippen molar-refractivity contribution in [3.05, 3.63) is 35.6 Å². The lowest BCUT2D eigenvalue weighted by Gasteiger charge is -2.38. The summed E-state index contributed by atoms with van der Waals surface area (Å²) >= 11 is 0. The van der Waals surface area contributed by atoms with Gasteiger partial charge in [-0.15, -0.1) is 0 Å². The quantitative estimate of drug-likeness (QED) is 0.852. The molecule has 0 heterocycles. The van der Waals surface area contributed by atoms with Crippen molar-refractivity contribution >= 4 is 11.9 Å². The second-order valence-electron chi connectivity index (χ2n) is 4.59. The summed E-state index contributed by atoms with van der Waals surface area (Å²) in [5.74, 6) is -1.69. The maximum Gasteiger partial charge on any atom is 0.329 e. The first-order valence-corrected chi connectivity index (χ1v) is 5.81.